The molecule has 0 amide bonds. The molecule has 0 bridgehead atoms. The third kappa shape index (κ3) is 1.90. The molecule has 0 unspecified atom stereocenters. The summed E-state index contributed by atoms with van der Waals surface area (Å²) in [5.74, 6) is 0.362. The summed E-state index contributed by atoms with van der Waals surface area (Å²) in [5.41, 5.74) is 0. The summed E-state index contributed by atoms with van der Waals surface area (Å²) in [6.45, 7) is 8.72. The first-order chi connectivity index (χ1) is 8.21. The molecule has 1 aliphatic rings. The van der Waals surface area contributed by atoms with E-state index >= 15 is 0 Å². The van der Waals surface area contributed by atoms with Crippen LogP contribution in [0.2, 0.25) is 0 Å². The summed E-state index contributed by atoms with van der Waals surface area (Å²) in [4.78, 5) is 12.0. The van der Waals surface area contributed by atoms with Gasteiger partial charge in [0.05, 0.1) is 0 Å². The summed E-state index contributed by atoms with van der Waals surface area (Å²) in [6, 6.07) is 8.66. The van der Waals surface area contributed by atoms with Crippen molar-refractivity contribution in [1.29, 1.82) is 0 Å². The lowest BCUT2D eigenvalue weighted by atomic mass is 9.96. The number of ketones is 1. The number of hydrogen-bond acceptors (Lipinski definition) is 2. The van der Waals surface area contributed by atoms with Crippen molar-refractivity contribution in [3.05, 3.63) is 30.3 Å². The van der Waals surface area contributed by atoms with E-state index in [9.17, 15) is 4.79 Å². The average Bonchev–Trinajstić information content (AvgIpc) is 2.25. The quantitative estimate of drug-likeness (QED) is 0.729. The Kier molecular flexibility index (Phi) is 3.32. The highest BCUT2D eigenvalue weighted by Crippen LogP contribution is 2.70. The molecule has 0 atom stereocenters. The molecule has 1 aromatic carbocycles. The molecule has 0 spiro atoms. The predicted octanol–water partition coefficient (Wildman–Crippen LogP) is 3.71. The van der Waals surface area contributed by atoms with Gasteiger partial charge in [-0.15, -0.1) is 0 Å². The summed E-state index contributed by atoms with van der Waals surface area (Å²) in [5, 5.41) is 1.12. The molecule has 0 radical (unpaired) electrons. The zero-order chi connectivity index (χ0) is 13.6. The zero-order valence-electron chi connectivity index (χ0n) is 11.6. The number of benzene rings is 1. The van der Waals surface area contributed by atoms with E-state index in [4.69, 9.17) is 11.8 Å². The maximum atomic E-state index is 12.0. The maximum absolute atomic E-state index is 12.0. The third-order valence-electron chi connectivity index (χ3n) is 4.08. The molecule has 1 aliphatic heterocycles. The van der Waals surface area contributed by atoms with Gasteiger partial charge in [-0.25, -0.2) is 0 Å². The Morgan fingerprint density at radius 3 is 1.89 bits per heavy atom. The van der Waals surface area contributed by atoms with Crippen molar-refractivity contribution in [2.75, 3.05) is 0 Å². The Morgan fingerprint density at radius 1 is 1.00 bits per heavy atom. The standard InChI is InChI=1S/C15H21OPS/c1-14(2)10-12(16)11-15(3,4)17(14,18)13-8-6-5-7-9-13/h5-9H,10-11H2,1-4H3. The van der Waals surface area contributed by atoms with Crippen LogP contribution in [0.3, 0.4) is 0 Å². The normalized spacial score (nSPS) is 24.8. The average molecular weight is 280 g/mol. The highest BCUT2D eigenvalue weighted by molar-refractivity contribution is 8.19. The van der Waals surface area contributed by atoms with Gasteiger partial charge in [-0.05, 0) is 11.3 Å². The van der Waals surface area contributed by atoms with Crippen molar-refractivity contribution >= 4 is 28.9 Å². The highest BCUT2D eigenvalue weighted by Gasteiger charge is 2.52. The first-order valence-corrected chi connectivity index (χ1v) is 9.18. The molecule has 1 saturated heterocycles. The molecule has 0 aromatic heterocycles. The summed E-state index contributed by atoms with van der Waals surface area (Å²) >= 11 is 6.20. The molecule has 1 aromatic rings. The fraction of sp³-hybridized carbons (Fsp3) is 0.533. The van der Waals surface area contributed by atoms with Gasteiger partial charge in [0, 0.05) is 23.2 Å². The van der Waals surface area contributed by atoms with Gasteiger partial charge in [-0.1, -0.05) is 69.8 Å². The molecule has 18 heavy (non-hydrogen) atoms. The van der Waals surface area contributed by atoms with E-state index in [2.05, 4.69) is 52.0 Å². The Balaban J connectivity index is 2.65. The second kappa shape index (κ2) is 4.28. The van der Waals surface area contributed by atoms with Gasteiger partial charge >= 0.3 is 0 Å². The Morgan fingerprint density at radius 2 is 1.44 bits per heavy atom. The van der Waals surface area contributed by atoms with Crippen molar-refractivity contribution in [2.45, 2.75) is 50.8 Å². The van der Waals surface area contributed by atoms with E-state index in [1.807, 2.05) is 6.07 Å². The van der Waals surface area contributed by atoms with Crippen LogP contribution in [0.5, 0.6) is 0 Å². The van der Waals surface area contributed by atoms with Crippen molar-refractivity contribution in [3.8, 4) is 0 Å². The monoisotopic (exact) mass is 280 g/mol. The van der Waals surface area contributed by atoms with Crippen LogP contribution in [0.25, 0.3) is 0 Å². The van der Waals surface area contributed by atoms with Gasteiger partial charge in [-0.2, -0.15) is 0 Å². The summed E-state index contributed by atoms with van der Waals surface area (Å²) < 4.78 is 0. The zero-order valence-corrected chi connectivity index (χ0v) is 13.3. The van der Waals surface area contributed by atoms with Gasteiger partial charge in [0.2, 0.25) is 0 Å². The largest absolute Gasteiger partial charge is 0.300 e. The van der Waals surface area contributed by atoms with Crippen LogP contribution in [0.4, 0.5) is 0 Å². The van der Waals surface area contributed by atoms with E-state index < -0.39 is 6.04 Å². The van der Waals surface area contributed by atoms with Crippen molar-refractivity contribution in [2.24, 2.45) is 0 Å². The Hall–Kier alpha value is -0.460. The minimum atomic E-state index is -1.80. The molecule has 0 N–H and O–H groups in total. The van der Waals surface area contributed by atoms with Gasteiger partial charge < -0.3 is 0 Å². The van der Waals surface area contributed by atoms with Crippen molar-refractivity contribution in [1.82, 2.24) is 0 Å². The van der Waals surface area contributed by atoms with Crippen molar-refractivity contribution in [3.63, 3.8) is 0 Å². The molecule has 98 valence electrons. The van der Waals surface area contributed by atoms with E-state index in [0.29, 0.717) is 18.6 Å². The van der Waals surface area contributed by atoms with Gasteiger partial charge in [0.15, 0.2) is 0 Å². The van der Waals surface area contributed by atoms with Crippen LogP contribution >= 0.6 is 6.04 Å². The highest BCUT2D eigenvalue weighted by atomic mass is 32.4. The fourth-order valence-corrected chi connectivity index (χ4v) is 8.59. The topological polar surface area (TPSA) is 17.1 Å². The Bertz CT molecular complexity index is 493. The molecular weight excluding hydrogens is 259 g/mol. The van der Waals surface area contributed by atoms with Crippen LogP contribution in [0.15, 0.2) is 30.3 Å². The fourth-order valence-electron chi connectivity index (χ4n) is 3.41. The molecule has 1 heterocycles. The molecule has 2 rings (SSSR count). The van der Waals surface area contributed by atoms with Crippen LogP contribution < -0.4 is 5.30 Å². The first-order valence-electron chi connectivity index (χ1n) is 6.38. The summed E-state index contributed by atoms with van der Waals surface area (Å²) in [7, 11) is 0. The number of carbonyl (C=O) groups is 1. The van der Waals surface area contributed by atoms with E-state index in [1.54, 1.807) is 0 Å². The van der Waals surface area contributed by atoms with E-state index in [-0.39, 0.29) is 10.3 Å². The molecule has 0 saturated carbocycles. The summed E-state index contributed by atoms with van der Waals surface area (Å²) in [6.07, 6.45) is 1.26. The first kappa shape index (κ1) is 14.0. The van der Waals surface area contributed by atoms with Crippen LogP contribution in [-0.2, 0) is 16.6 Å². The maximum Gasteiger partial charge on any atom is 0.134 e. The van der Waals surface area contributed by atoms with Gasteiger partial charge in [-0.3, -0.25) is 4.79 Å². The number of rotatable bonds is 1. The second-order valence-electron chi connectivity index (χ2n) is 6.46. The van der Waals surface area contributed by atoms with Crippen LogP contribution in [-0.4, -0.2) is 16.1 Å². The number of Topliss-reactive ketones (excluding diaryl/α,β-unsaturated/α-hetero) is 1. The second-order valence-corrected chi connectivity index (χ2v) is 12.3. The van der Waals surface area contributed by atoms with Gasteiger partial charge in [0.1, 0.15) is 5.78 Å². The number of hydrogen-bond donors (Lipinski definition) is 0. The lowest BCUT2D eigenvalue weighted by molar-refractivity contribution is -0.120. The molecule has 3 heteroatoms. The lowest BCUT2D eigenvalue weighted by Gasteiger charge is -2.52. The lowest BCUT2D eigenvalue weighted by Crippen LogP contribution is -2.45. The molecular formula is C15H21OPS. The third-order valence-corrected chi connectivity index (χ3v) is 12.4. The predicted molar refractivity (Wildman–Crippen MR) is 82.8 cm³/mol. The van der Waals surface area contributed by atoms with Crippen LogP contribution in [0.1, 0.15) is 40.5 Å². The van der Waals surface area contributed by atoms with Crippen molar-refractivity contribution < 1.29 is 4.79 Å². The minimum absolute atomic E-state index is 0.0808. The van der Waals surface area contributed by atoms with E-state index in [1.165, 1.54) is 5.30 Å². The molecule has 1 fully saturated rings. The Labute approximate surface area is 115 Å². The minimum Gasteiger partial charge on any atom is -0.300 e. The SMILES string of the molecule is CC1(C)CC(=O)CC(C)(C)P1(=S)c1ccccc1. The smallest absolute Gasteiger partial charge is 0.134 e. The number of carbonyl (C=O) groups excluding carboxylic acids is 1. The van der Waals surface area contributed by atoms with Crippen LogP contribution in [0, 0.1) is 0 Å². The molecule has 0 aliphatic carbocycles. The van der Waals surface area contributed by atoms with E-state index in [0.717, 1.165) is 0 Å². The molecule has 1 nitrogen and oxygen atoms in total. The van der Waals surface area contributed by atoms with Gasteiger partial charge in [0.25, 0.3) is 0 Å².